The zero-order valence-electron chi connectivity index (χ0n) is 20.7. The minimum Gasteiger partial charge on any atom is -0.481 e. The van der Waals surface area contributed by atoms with Gasteiger partial charge in [-0.3, -0.25) is 9.59 Å². The van der Waals surface area contributed by atoms with Gasteiger partial charge in [0.05, 0.1) is 19.3 Å². The fourth-order valence-electron chi connectivity index (χ4n) is 2.85. The number of hydrogen-bond acceptors (Lipinski definition) is 8. The molecule has 0 aromatic rings. The lowest BCUT2D eigenvalue weighted by Crippen LogP contribution is -2.39. The molecule has 0 spiro atoms. The number of unbranched alkanes of at least 4 members (excludes halogenated alkanes) is 3. The molecule has 0 bridgehead atoms. The van der Waals surface area contributed by atoms with Crippen molar-refractivity contribution in [3.8, 4) is 0 Å². The normalized spacial score (nSPS) is 15.0. The largest absolute Gasteiger partial charge is 0.481 e. The molecule has 0 saturated heterocycles. The van der Waals surface area contributed by atoms with Crippen LogP contribution in [0.2, 0.25) is 0 Å². The van der Waals surface area contributed by atoms with E-state index in [1.807, 2.05) is 24.3 Å². The zero-order valence-corrected chi connectivity index (χ0v) is 21.5. The number of carbonyl (C=O) groups excluding carboxylic acids is 1. The van der Waals surface area contributed by atoms with Crippen LogP contribution < -0.4 is 5.73 Å². The first-order chi connectivity index (χ1) is 16.8. The van der Waals surface area contributed by atoms with Crippen LogP contribution in [0.15, 0.2) is 48.6 Å². The fourth-order valence-corrected chi connectivity index (χ4v) is 3.98. The van der Waals surface area contributed by atoms with E-state index in [4.69, 9.17) is 25.8 Å². The fraction of sp³-hybridized carbons (Fsp3) is 0.615. The number of rotatable bonds is 21. The Kier molecular flexibility index (Phi) is 21.3. The molecule has 35 heavy (non-hydrogen) atoms. The molecule has 0 aliphatic heterocycles. The third-order valence-electron chi connectivity index (χ3n) is 4.91. The molecule has 0 heterocycles. The summed E-state index contributed by atoms with van der Waals surface area (Å²) >= 11 is 1.25. The van der Waals surface area contributed by atoms with Crippen molar-refractivity contribution in [3.63, 3.8) is 0 Å². The molecule has 0 radical (unpaired) electrons. The van der Waals surface area contributed by atoms with Crippen molar-refractivity contribution in [1.29, 1.82) is 0 Å². The minimum absolute atomic E-state index is 0.0363. The molecule has 6 N–H and O–H groups in total. The number of esters is 1. The third kappa shape index (κ3) is 19.0. The van der Waals surface area contributed by atoms with E-state index in [1.54, 1.807) is 12.2 Å². The monoisotopic (exact) mass is 513 g/mol. The van der Waals surface area contributed by atoms with Crippen LogP contribution in [0.5, 0.6) is 0 Å². The molecule has 200 valence electrons. The maximum atomic E-state index is 12.0. The number of carboxylic acid groups (broad SMARTS) is 1. The van der Waals surface area contributed by atoms with E-state index in [-0.39, 0.29) is 12.2 Å². The molecule has 0 amide bonds. The highest BCUT2D eigenvalue weighted by Crippen LogP contribution is 2.21. The molecule has 8 nitrogen and oxygen atoms in total. The van der Waals surface area contributed by atoms with Crippen LogP contribution in [0.25, 0.3) is 0 Å². The molecule has 0 aromatic heterocycles. The van der Waals surface area contributed by atoms with Crippen molar-refractivity contribution >= 4 is 23.7 Å². The van der Waals surface area contributed by atoms with Gasteiger partial charge in [-0.05, 0) is 32.1 Å². The van der Waals surface area contributed by atoms with Crippen molar-refractivity contribution in [1.82, 2.24) is 0 Å². The Balaban J connectivity index is 4.77. The summed E-state index contributed by atoms with van der Waals surface area (Å²) < 4.78 is 4.93. The number of aliphatic hydroxyl groups is 3. The van der Waals surface area contributed by atoms with Crippen LogP contribution in [0, 0.1) is 0 Å². The number of thioether (sulfide) groups is 1. The van der Waals surface area contributed by atoms with E-state index in [1.165, 1.54) is 31.0 Å². The average molecular weight is 514 g/mol. The Hall–Kier alpha value is -1.91. The molecule has 9 heteroatoms. The molecular weight excluding hydrogens is 470 g/mol. The maximum absolute atomic E-state index is 12.0. The number of aliphatic hydroxyl groups excluding tert-OH is 3. The zero-order chi connectivity index (χ0) is 26.3. The summed E-state index contributed by atoms with van der Waals surface area (Å²) in [5.41, 5.74) is 5.86. The second kappa shape index (κ2) is 22.5. The van der Waals surface area contributed by atoms with E-state index in [0.717, 1.165) is 12.8 Å². The number of nitrogens with two attached hydrogens (primary N) is 1. The van der Waals surface area contributed by atoms with Crippen LogP contribution in [0.4, 0.5) is 0 Å². The van der Waals surface area contributed by atoms with Gasteiger partial charge in [0.1, 0.15) is 12.1 Å². The van der Waals surface area contributed by atoms with Crippen molar-refractivity contribution < 1.29 is 34.8 Å². The quantitative estimate of drug-likeness (QED) is 0.0675. The van der Waals surface area contributed by atoms with Crippen LogP contribution in [-0.4, -0.2) is 74.8 Å². The van der Waals surface area contributed by atoms with E-state index < -0.39 is 48.7 Å². The second-order valence-electron chi connectivity index (χ2n) is 8.08. The van der Waals surface area contributed by atoms with E-state index in [2.05, 4.69) is 19.1 Å². The van der Waals surface area contributed by atoms with Crippen LogP contribution in [0.3, 0.4) is 0 Å². The number of aliphatic carboxylic acids is 1. The summed E-state index contributed by atoms with van der Waals surface area (Å²) in [5.74, 6) is -1.53. The molecule has 3 atom stereocenters. The summed E-state index contributed by atoms with van der Waals surface area (Å²) in [6.07, 6.45) is 20.0. The smallest absolute Gasteiger partial charge is 0.324 e. The van der Waals surface area contributed by atoms with Gasteiger partial charge in [0.2, 0.25) is 0 Å². The standard InChI is InChI=1S/C26H43NO7S/c1-2-3-4-5-6-7-8-9-10-11-12-13-16-24(23(30)15-14-17-25(31)32)35-20-22(27)26(33)34-21(18-28)19-29/h6-7,9-13,16,21-24,28-30H,2-5,8,14-15,17-20,27H2,1H3,(H,31,32)/b7-6-,10-9-,12-11+,16-13+/t22-,23-,24+/m0/s1. The molecular formula is C26H43NO7S. The summed E-state index contributed by atoms with van der Waals surface area (Å²) in [7, 11) is 0. The van der Waals surface area contributed by atoms with Gasteiger partial charge in [-0.25, -0.2) is 0 Å². The molecule has 0 aromatic carbocycles. The van der Waals surface area contributed by atoms with Crippen LogP contribution in [-0.2, 0) is 14.3 Å². The van der Waals surface area contributed by atoms with Gasteiger partial charge in [-0.15, -0.1) is 11.8 Å². The predicted octanol–water partition coefficient (Wildman–Crippen LogP) is 3.12. The third-order valence-corrected chi connectivity index (χ3v) is 6.32. The number of allylic oxidation sites excluding steroid dienone is 7. The Morgan fingerprint density at radius 3 is 2.37 bits per heavy atom. The Morgan fingerprint density at radius 2 is 1.71 bits per heavy atom. The molecule has 0 fully saturated rings. The Bertz CT molecular complexity index is 675. The number of ether oxygens (including phenoxy) is 1. The van der Waals surface area contributed by atoms with Gasteiger partial charge in [-0.2, -0.15) is 0 Å². The molecule has 0 aliphatic rings. The van der Waals surface area contributed by atoms with Crippen molar-refractivity contribution in [3.05, 3.63) is 48.6 Å². The average Bonchev–Trinajstić information content (AvgIpc) is 2.84. The predicted molar refractivity (Wildman–Crippen MR) is 141 cm³/mol. The second-order valence-corrected chi connectivity index (χ2v) is 9.29. The van der Waals surface area contributed by atoms with E-state index in [9.17, 15) is 14.7 Å². The van der Waals surface area contributed by atoms with E-state index >= 15 is 0 Å². The van der Waals surface area contributed by atoms with E-state index in [0.29, 0.717) is 12.8 Å². The molecule has 0 saturated carbocycles. The molecule has 0 unspecified atom stereocenters. The van der Waals surface area contributed by atoms with Gasteiger partial charge in [0, 0.05) is 17.4 Å². The van der Waals surface area contributed by atoms with Crippen LogP contribution >= 0.6 is 11.8 Å². The van der Waals surface area contributed by atoms with Gasteiger partial charge in [-0.1, -0.05) is 68.4 Å². The molecule has 0 aliphatic carbocycles. The lowest BCUT2D eigenvalue weighted by Gasteiger charge is -2.21. The van der Waals surface area contributed by atoms with Crippen molar-refractivity contribution in [2.24, 2.45) is 5.73 Å². The lowest BCUT2D eigenvalue weighted by atomic mass is 10.1. The minimum atomic E-state index is -1.02. The number of carboxylic acids is 1. The van der Waals surface area contributed by atoms with Gasteiger partial charge in [0.25, 0.3) is 0 Å². The van der Waals surface area contributed by atoms with Gasteiger partial charge in [0.15, 0.2) is 0 Å². The first-order valence-corrected chi connectivity index (χ1v) is 13.2. The summed E-state index contributed by atoms with van der Waals surface area (Å²) in [6, 6.07) is -1.00. The van der Waals surface area contributed by atoms with Gasteiger partial charge >= 0.3 is 11.9 Å². The topological polar surface area (TPSA) is 150 Å². The first-order valence-electron chi connectivity index (χ1n) is 12.2. The maximum Gasteiger partial charge on any atom is 0.324 e. The highest BCUT2D eigenvalue weighted by molar-refractivity contribution is 8.00. The summed E-state index contributed by atoms with van der Waals surface area (Å²) in [4.78, 5) is 22.8. The number of hydrogen-bond donors (Lipinski definition) is 5. The van der Waals surface area contributed by atoms with Crippen molar-refractivity contribution in [2.75, 3.05) is 19.0 Å². The SMILES string of the molecule is CCCCC/C=C\C\C=C/C=C/C=C/[C@@H](SC[C@H](N)C(=O)OC(CO)CO)[C@@H](O)CCCC(=O)O. The highest BCUT2D eigenvalue weighted by Gasteiger charge is 2.23. The summed E-state index contributed by atoms with van der Waals surface area (Å²) in [6.45, 7) is 1.17. The van der Waals surface area contributed by atoms with Crippen LogP contribution in [0.1, 0.15) is 58.3 Å². The van der Waals surface area contributed by atoms with Crippen molar-refractivity contribution in [2.45, 2.75) is 81.8 Å². The summed E-state index contributed by atoms with van der Waals surface area (Å²) in [5, 5.41) is 37.0. The first kappa shape index (κ1) is 33.1. The Morgan fingerprint density at radius 1 is 1.00 bits per heavy atom. The molecule has 0 rings (SSSR count). The lowest BCUT2D eigenvalue weighted by molar-refractivity contribution is -0.154. The Labute approximate surface area is 213 Å². The highest BCUT2D eigenvalue weighted by atomic mass is 32.2. The number of carbonyl (C=O) groups is 2. The van der Waals surface area contributed by atoms with Gasteiger partial charge < -0.3 is 30.9 Å².